The number of anilines is 1. The molecule has 1 aromatic heterocycles. The van der Waals surface area contributed by atoms with E-state index in [1.165, 1.54) is 25.8 Å². The van der Waals surface area contributed by atoms with Gasteiger partial charge >= 0.3 is 12.1 Å². The van der Waals surface area contributed by atoms with Crippen LogP contribution in [0.15, 0.2) is 18.5 Å². The molecule has 0 radical (unpaired) electrons. The van der Waals surface area contributed by atoms with Crippen molar-refractivity contribution in [3.63, 3.8) is 0 Å². The third-order valence-corrected chi connectivity index (χ3v) is 5.05. The largest absolute Gasteiger partial charge is 0.490 e. The highest BCUT2D eigenvalue weighted by molar-refractivity contribution is 5.73. The van der Waals surface area contributed by atoms with Gasteiger partial charge in [0.2, 0.25) is 5.95 Å². The van der Waals surface area contributed by atoms with Crippen LogP contribution >= 0.6 is 0 Å². The van der Waals surface area contributed by atoms with Crippen LogP contribution in [0.1, 0.15) is 19.3 Å². The van der Waals surface area contributed by atoms with E-state index in [0.717, 1.165) is 25.7 Å². The molecule has 3 saturated heterocycles. The van der Waals surface area contributed by atoms with Gasteiger partial charge in [0.1, 0.15) is 0 Å². The Morgan fingerprint density at radius 2 is 1.81 bits per heavy atom. The Bertz CT molecular complexity index is 611. The number of hydrogen-bond acceptors (Lipinski definition) is 6. The highest BCUT2D eigenvalue weighted by Gasteiger charge is 2.46. The first-order valence-electron chi connectivity index (χ1n) is 8.55. The standard InChI is InChI=1S/C14H20N4O.C2HF3O2/c1-5-15-14(16-6-1)18-8-3-12-13(18)2-7-17(12)11-4-9-19-10-11;3-2(4,5)1(6)7/h1,5-6,11-13H,2-4,7-10H2;(H,6,7)/t11?,12-,13+;/m1./s1. The molecule has 0 aliphatic carbocycles. The monoisotopic (exact) mass is 374 g/mol. The number of carboxylic acid groups (broad SMARTS) is 1. The highest BCUT2D eigenvalue weighted by atomic mass is 19.4. The van der Waals surface area contributed by atoms with Gasteiger partial charge in [-0.3, -0.25) is 4.90 Å². The molecule has 4 rings (SSSR count). The molecule has 3 fully saturated rings. The molecule has 144 valence electrons. The molecule has 0 spiro atoms. The summed E-state index contributed by atoms with van der Waals surface area (Å²) in [6, 6.07) is 3.80. The zero-order valence-corrected chi connectivity index (χ0v) is 14.1. The van der Waals surface area contributed by atoms with Gasteiger partial charge in [0.25, 0.3) is 0 Å². The zero-order valence-electron chi connectivity index (χ0n) is 14.1. The highest BCUT2D eigenvalue weighted by Crippen LogP contribution is 2.35. The first kappa shape index (κ1) is 18.8. The van der Waals surface area contributed by atoms with Crippen molar-refractivity contribution in [2.75, 3.05) is 31.2 Å². The molecule has 3 atom stereocenters. The summed E-state index contributed by atoms with van der Waals surface area (Å²) in [7, 11) is 0. The lowest BCUT2D eigenvalue weighted by atomic mass is 10.1. The van der Waals surface area contributed by atoms with Crippen molar-refractivity contribution in [2.45, 2.75) is 43.6 Å². The van der Waals surface area contributed by atoms with Crippen LogP contribution in [-0.4, -0.2) is 76.5 Å². The lowest BCUT2D eigenvalue weighted by Gasteiger charge is -2.29. The maximum absolute atomic E-state index is 10.6. The topological polar surface area (TPSA) is 78.8 Å². The van der Waals surface area contributed by atoms with Crippen molar-refractivity contribution in [3.8, 4) is 0 Å². The number of fused-ring (bicyclic) bond motifs is 1. The minimum Gasteiger partial charge on any atom is -0.475 e. The molecule has 0 saturated carbocycles. The summed E-state index contributed by atoms with van der Waals surface area (Å²) in [5, 5.41) is 7.12. The van der Waals surface area contributed by atoms with Gasteiger partial charge in [-0.2, -0.15) is 13.2 Å². The van der Waals surface area contributed by atoms with Crippen LogP contribution < -0.4 is 4.90 Å². The number of halogens is 3. The normalized spacial score (nSPS) is 28.6. The Labute approximate surface area is 148 Å². The first-order valence-corrected chi connectivity index (χ1v) is 8.55. The Morgan fingerprint density at radius 1 is 1.15 bits per heavy atom. The molecule has 0 amide bonds. The van der Waals surface area contributed by atoms with Crippen molar-refractivity contribution < 1.29 is 27.8 Å². The summed E-state index contributed by atoms with van der Waals surface area (Å²) >= 11 is 0. The fourth-order valence-electron chi connectivity index (χ4n) is 3.94. The van der Waals surface area contributed by atoms with Crippen LogP contribution in [0.2, 0.25) is 0 Å². The van der Waals surface area contributed by atoms with Gasteiger partial charge in [-0.25, -0.2) is 14.8 Å². The Kier molecular flexibility index (Phi) is 5.61. The second-order valence-electron chi connectivity index (χ2n) is 6.51. The lowest BCUT2D eigenvalue weighted by molar-refractivity contribution is -0.192. The number of carboxylic acids is 1. The van der Waals surface area contributed by atoms with Crippen LogP contribution in [0.5, 0.6) is 0 Å². The Balaban J connectivity index is 0.000000242. The van der Waals surface area contributed by atoms with Gasteiger partial charge in [0, 0.05) is 50.2 Å². The minimum absolute atomic E-state index is 0.600. The van der Waals surface area contributed by atoms with E-state index < -0.39 is 12.1 Å². The summed E-state index contributed by atoms with van der Waals surface area (Å²) < 4.78 is 37.3. The van der Waals surface area contributed by atoms with Gasteiger partial charge in [-0.15, -0.1) is 0 Å². The maximum Gasteiger partial charge on any atom is 0.490 e. The molecule has 1 N–H and O–H groups in total. The predicted octanol–water partition coefficient (Wildman–Crippen LogP) is 1.55. The van der Waals surface area contributed by atoms with Crippen LogP contribution in [0.3, 0.4) is 0 Å². The summed E-state index contributed by atoms with van der Waals surface area (Å²) in [6.45, 7) is 4.14. The number of rotatable bonds is 2. The molecular weight excluding hydrogens is 353 g/mol. The molecule has 1 aromatic rings. The van der Waals surface area contributed by atoms with Gasteiger partial charge in [0.05, 0.1) is 6.61 Å². The number of alkyl halides is 3. The van der Waals surface area contributed by atoms with Gasteiger partial charge in [-0.05, 0) is 25.3 Å². The van der Waals surface area contributed by atoms with Crippen molar-refractivity contribution in [2.24, 2.45) is 0 Å². The Morgan fingerprint density at radius 3 is 2.38 bits per heavy atom. The number of hydrogen-bond donors (Lipinski definition) is 1. The molecule has 7 nitrogen and oxygen atoms in total. The Hall–Kier alpha value is -1.94. The number of nitrogens with zero attached hydrogens (tertiary/aromatic N) is 4. The fourth-order valence-corrected chi connectivity index (χ4v) is 3.94. The number of ether oxygens (including phenoxy) is 1. The quantitative estimate of drug-likeness (QED) is 0.841. The van der Waals surface area contributed by atoms with E-state index in [-0.39, 0.29) is 0 Å². The van der Waals surface area contributed by atoms with E-state index in [4.69, 9.17) is 14.6 Å². The first-order chi connectivity index (χ1) is 12.4. The van der Waals surface area contributed by atoms with E-state index in [1.54, 1.807) is 0 Å². The van der Waals surface area contributed by atoms with Gasteiger partial charge in [0.15, 0.2) is 0 Å². The third kappa shape index (κ3) is 4.07. The van der Waals surface area contributed by atoms with E-state index >= 15 is 0 Å². The van der Waals surface area contributed by atoms with E-state index in [1.807, 2.05) is 18.5 Å². The van der Waals surface area contributed by atoms with E-state index in [2.05, 4.69) is 19.8 Å². The van der Waals surface area contributed by atoms with Crippen LogP contribution in [0.25, 0.3) is 0 Å². The van der Waals surface area contributed by atoms with Crippen LogP contribution in [0.4, 0.5) is 19.1 Å². The van der Waals surface area contributed by atoms with Crippen molar-refractivity contribution in [1.82, 2.24) is 14.9 Å². The van der Waals surface area contributed by atoms with Crippen LogP contribution in [-0.2, 0) is 9.53 Å². The second kappa shape index (κ2) is 7.75. The second-order valence-corrected chi connectivity index (χ2v) is 6.51. The molecule has 0 bridgehead atoms. The zero-order chi connectivity index (χ0) is 18.7. The fraction of sp³-hybridized carbons (Fsp3) is 0.688. The van der Waals surface area contributed by atoms with E-state index in [9.17, 15) is 13.2 Å². The molecular formula is C16H21F3N4O3. The molecule has 4 heterocycles. The molecule has 1 unspecified atom stereocenters. The SMILES string of the molecule is O=C(O)C(F)(F)F.c1cnc(N2CC[C@@H]3[C@@H]2CCN3C2CCOC2)nc1. The minimum atomic E-state index is -5.08. The van der Waals surface area contributed by atoms with E-state index in [0.29, 0.717) is 18.1 Å². The lowest BCUT2D eigenvalue weighted by Crippen LogP contribution is -2.42. The summed E-state index contributed by atoms with van der Waals surface area (Å²) in [6.07, 6.45) is 2.27. The van der Waals surface area contributed by atoms with Crippen molar-refractivity contribution >= 4 is 11.9 Å². The summed E-state index contributed by atoms with van der Waals surface area (Å²) in [4.78, 5) is 22.8. The molecule has 3 aliphatic rings. The number of likely N-dealkylation sites (tertiary alicyclic amines) is 1. The maximum atomic E-state index is 10.6. The summed E-state index contributed by atoms with van der Waals surface area (Å²) in [5.41, 5.74) is 0. The number of aliphatic carboxylic acids is 1. The predicted molar refractivity (Wildman–Crippen MR) is 85.8 cm³/mol. The van der Waals surface area contributed by atoms with Crippen molar-refractivity contribution in [1.29, 1.82) is 0 Å². The van der Waals surface area contributed by atoms with Crippen LogP contribution in [0, 0.1) is 0 Å². The van der Waals surface area contributed by atoms with Gasteiger partial charge < -0.3 is 14.7 Å². The molecule has 0 aromatic carbocycles. The molecule has 10 heteroatoms. The average molecular weight is 374 g/mol. The molecule has 3 aliphatic heterocycles. The summed E-state index contributed by atoms with van der Waals surface area (Å²) in [5.74, 6) is -1.85. The number of aromatic nitrogens is 2. The average Bonchev–Trinajstić information content (AvgIpc) is 3.32. The number of carbonyl (C=O) groups is 1. The van der Waals surface area contributed by atoms with Gasteiger partial charge in [-0.1, -0.05) is 0 Å². The third-order valence-electron chi connectivity index (χ3n) is 5.05. The molecule has 26 heavy (non-hydrogen) atoms. The van der Waals surface area contributed by atoms with Crippen molar-refractivity contribution in [3.05, 3.63) is 18.5 Å². The smallest absolute Gasteiger partial charge is 0.475 e.